The molecular weight excluding hydrogens is 248 g/mol. The third-order valence-electron chi connectivity index (χ3n) is 3.52. The SMILES string of the molecule is CC(NC(=O)NC1CCCC1C(=O)O)c1cn[nH]c1. The van der Waals surface area contributed by atoms with Crippen LogP contribution in [0.2, 0.25) is 0 Å². The van der Waals surface area contributed by atoms with Gasteiger partial charge in [0, 0.05) is 17.8 Å². The van der Waals surface area contributed by atoms with Crippen molar-refractivity contribution in [3.05, 3.63) is 18.0 Å². The fourth-order valence-corrected chi connectivity index (χ4v) is 2.42. The standard InChI is InChI=1S/C12H18N4O3/c1-7(8-5-13-14-6-8)15-12(19)16-10-4-2-3-9(10)11(17)18/h5-7,9-10H,2-4H2,1H3,(H,13,14)(H,17,18)(H2,15,16,19). The smallest absolute Gasteiger partial charge is 0.315 e. The van der Waals surface area contributed by atoms with Crippen LogP contribution >= 0.6 is 0 Å². The van der Waals surface area contributed by atoms with Crippen molar-refractivity contribution in [2.75, 3.05) is 0 Å². The molecule has 1 aliphatic rings. The Bertz CT molecular complexity index is 446. The number of hydrogen-bond acceptors (Lipinski definition) is 3. The van der Waals surface area contributed by atoms with E-state index in [0.717, 1.165) is 12.0 Å². The van der Waals surface area contributed by atoms with Gasteiger partial charge < -0.3 is 15.7 Å². The Balaban J connectivity index is 1.86. The zero-order chi connectivity index (χ0) is 13.8. The molecule has 1 aromatic rings. The first-order valence-electron chi connectivity index (χ1n) is 6.36. The first-order valence-corrected chi connectivity index (χ1v) is 6.36. The maximum Gasteiger partial charge on any atom is 0.315 e. The molecule has 0 bridgehead atoms. The molecular formula is C12H18N4O3. The quantitative estimate of drug-likeness (QED) is 0.652. The van der Waals surface area contributed by atoms with Crippen molar-refractivity contribution in [2.45, 2.75) is 38.3 Å². The van der Waals surface area contributed by atoms with Crippen LogP contribution in [0.3, 0.4) is 0 Å². The van der Waals surface area contributed by atoms with Crippen LogP contribution in [0, 0.1) is 5.92 Å². The molecule has 2 rings (SSSR count). The van der Waals surface area contributed by atoms with E-state index >= 15 is 0 Å². The van der Waals surface area contributed by atoms with Crippen molar-refractivity contribution in [2.24, 2.45) is 5.92 Å². The van der Waals surface area contributed by atoms with Crippen LogP contribution in [0.25, 0.3) is 0 Å². The van der Waals surface area contributed by atoms with Crippen LogP contribution in [-0.2, 0) is 4.79 Å². The number of carboxylic acids is 1. The molecule has 1 heterocycles. The molecule has 7 heteroatoms. The second kappa shape index (κ2) is 5.73. The van der Waals surface area contributed by atoms with E-state index in [1.165, 1.54) is 0 Å². The van der Waals surface area contributed by atoms with Gasteiger partial charge in [0.25, 0.3) is 0 Å². The van der Waals surface area contributed by atoms with Gasteiger partial charge in [-0.25, -0.2) is 4.79 Å². The van der Waals surface area contributed by atoms with Gasteiger partial charge in [-0.1, -0.05) is 6.42 Å². The summed E-state index contributed by atoms with van der Waals surface area (Å²) in [7, 11) is 0. The lowest BCUT2D eigenvalue weighted by Crippen LogP contribution is -2.45. The van der Waals surface area contributed by atoms with E-state index in [1.807, 2.05) is 6.92 Å². The number of amides is 2. The summed E-state index contributed by atoms with van der Waals surface area (Å²) in [6.45, 7) is 1.84. The summed E-state index contributed by atoms with van der Waals surface area (Å²) >= 11 is 0. The average Bonchev–Trinajstić information content (AvgIpc) is 2.98. The summed E-state index contributed by atoms with van der Waals surface area (Å²) in [5.41, 5.74) is 0.872. The fraction of sp³-hybridized carbons (Fsp3) is 0.583. The summed E-state index contributed by atoms with van der Waals surface area (Å²) in [5, 5.41) is 21.0. The number of H-pyrrole nitrogens is 1. The molecule has 3 atom stereocenters. The first-order chi connectivity index (χ1) is 9.08. The second-order valence-corrected chi connectivity index (χ2v) is 4.85. The van der Waals surface area contributed by atoms with Gasteiger partial charge in [0.1, 0.15) is 0 Å². The highest BCUT2D eigenvalue weighted by Crippen LogP contribution is 2.25. The second-order valence-electron chi connectivity index (χ2n) is 4.85. The van der Waals surface area contributed by atoms with Crippen LogP contribution < -0.4 is 10.6 Å². The first kappa shape index (κ1) is 13.4. The number of rotatable bonds is 4. The molecule has 0 spiro atoms. The molecule has 0 aromatic carbocycles. The Hall–Kier alpha value is -2.05. The lowest BCUT2D eigenvalue weighted by molar-refractivity contribution is -0.142. The maximum atomic E-state index is 11.8. The number of carbonyl (C=O) groups excluding carboxylic acids is 1. The molecule has 1 fully saturated rings. The minimum atomic E-state index is -0.842. The maximum absolute atomic E-state index is 11.8. The van der Waals surface area contributed by atoms with Crippen molar-refractivity contribution in [1.29, 1.82) is 0 Å². The minimum absolute atomic E-state index is 0.177. The van der Waals surface area contributed by atoms with E-state index in [4.69, 9.17) is 5.11 Å². The number of aromatic amines is 1. The van der Waals surface area contributed by atoms with Crippen LogP contribution in [0.1, 0.15) is 37.8 Å². The van der Waals surface area contributed by atoms with E-state index in [1.54, 1.807) is 12.4 Å². The number of carboxylic acid groups (broad SMARTS) is 1. The topological polar surface area (TPSA) is 107 Å². The molecule has 0 aliphatic heterocycles. The van der Waals surface area contributed by atoms with E-state index in [-0.39, 0.29) is 18.1 Å². The summed E-state index contributed by atoms with van der Waals surface area (Å²) in [6.07, 6.45) is 5.52. The molecule has 1 aromatic heterocycles. The molecule has 0 radical (unpaired) electrons. The van der Waals surface area contributed by atoms with Crippen molar-refractivity contribution < 1.29 is 14.7 Å². The monoisotopic (exact) mass is 266 g/mol. The number of hydrogen-bond donors (Lipinski definition) is 4. The van der Waals surface area contributed by atoms with Crippen molar-refractivity contribution in [3.63, 3.8) is 0 Å². The van der Waals surface area contributed by atoms with Gasteiger partial charge in [-0.15, -0.1) is 0 Å². The largest absolute Gasteiger partial charge is 0.481 e. The van der Waals surface area contributed by atoms with Gasteiger partial charge in [-0.3, -0.25) is 9.89 Å². The number of aromatic nitrogens is 2. The Morgan fingerprint density at radius 3 is 2.95 bits per heavy atom. The third kappa shape index (κ3) is 3.24. The van der Waals surface area contributed by atoms with E-state index in [2.05, 4.69) is 20.8 Å². The Kier molecular flexibility index (Phi) is 4.03. The number of nitrogens with zero attached hydrogens (tertiary/aromatic N) is 1. The fourth-order valence-electron chi connectivity index (χ4n) is 2.42. The molecule has 1 saturated carbocycles. The molecule has 2 amide bonds. The predicted molar refractivity (Wildman–Crippen MR) is 67.4 cm³/mol. The average molecular weight is 266 g/mol. The Morgan fingerprint density at radius 2 is 2.32 bits per heavy atom. The molecule has 104 valence electrons. The predicted octanol–water partition coefficient (Wildman–Crippen LogP) is 1.02. The summed E-state index contributed by atoms with van der Waals surface area (Å²) in [5.74, 6) is -1.32. The number of carbonyl (C=O) groups is 2. The van der Waals surface area contributed by atoms with E-state index < -0.39 is 11.9 Å². The van der Waals surface area contributed by atoms with Crippen molar-refractivity contribution >= 4 is 12.0 Å². The van der Waals surface area contributed by atoms with Gasteiger partial charge >= 0.3 is 12.0 Å². The van der Waals surface area contributed by atoms with Gasteiger partial charge in [-0.05, 0) is 19.8 Å². The van der Waals surface area contributed by atoms with Crippen molar-refractivity contribution in [3.8, 4) is 0 Å². The van der Waals surface area contributed by atoms with E-state index in [0.29, 0.717) is 12.8 Å². The lowest BCUT2D eigenvalue weighted by atomic mass is 10.0. The molecule has 0 saturated heterocycles. The summed E-state index contributed by atoms with van der Waals surface area (Å²) in [4.78, 5) is 22.8. The molecule has 1 aliphatic carbocycles. The zero-order valence-electron chi connectivity index (χ0n) is 10.7. The normalized spacial score (nSPS) is 23.8. The lowest BCUT2D eigenvalue weighted by Gasteiger charge is -2.20. The number of nitrogens with one attached hydrogen (secondary N) is 3. The van der Waals surface area contributed by atoms with E-state index in [9.17, 15) is 9.59 Å². The third-order valence-corrected chi connectivity index (χ3v) is 3.52. The van der Waals surface area contributed by atoms with Crippen LogP contribution in [0.15, 0.2) is 12.4 Å². The molecule has 7 nitrogen and oxygen atoms in total. The van der Waals surface area contributed by atoms with Gasteiger partial charge in [0.2, 0.25) is 0 Å². The highest BCUT2D eigenvalue weighted by Gasteiger charge is 2.34. The molecule has 4 N–H and O–H groups in total. The Morgan fingerprint density at radius 1 is 1.53 bits per heavy atom. The number of urea groups is 1. The van der Waals surface area contributed by atoms with Crippen molar-refractivity contribution in [1.82, 2.24) is 20.8 Å². The summed E-state index contributed by atoms with van der Waals surface area (Å²) in [6, 6.07) is -0.802. The molecule has 3 unspecified atom stereocenters. The van der Waals surface area contributed by atoms with Gasteiger partial charge in [0.05, 0.1) is 18.2 Å². The highest BCUT2D eigenvalue weighted by atomic mass is 16.4. The zero-order valence-corrected chi connectivity index (χ0v) is 10.7. The van der Waals surface area contributed by atoms with Gasteiger partial charge in [-0.2, -0.15) is 5.10 Å². The Labute approximate surface area is 110 Å². The number of aliphatic carboxylic acids is 1. The van der Waals surface area contributed by atoms with Crippen LogP contribution in [-0.4, -0.2) is 33.3 Å². The van der Waals surface area contributed by atoms with Gasteiger partial charge in [0.15, 0.2) is 0 Å². The van der Waals surface area contributed by atoms with Crippen LogP contribution in [0.4, 0.5) is 4.79 Å². The van der Waals surface area contributed by atoms with Crippen LogP contribution in [0.5, 0.6) is 0 Å². The highest BCUT2D eigenvalue weighted by molar-refractivity contribution is 5.77. The summed E-state index contributed by atoms with van der Waals surface area (Å²) < 4.78 is 0. The minimum Gasteiger partial charge on any atom is -0.481 e. The molecule has 19 heavy (non-hydrogen) atoms.